The zero-order valence-electron chi connectivity index (χ0n) is 12.3. The maximum absolute atomic E-state index is 12.4. The van der Waals surface area contributed by atoms with E-state index in [1.165, 1.54) is 6.92 Å². The number of ketones is 2. The SMILES string of the molecule is CC(=O)OC(C)/C=C/C1(C)CC(=O)CC(C)(C)C1=O. The van der Waals surface area contributed by atoms with Gasteiger partial charge in [-0.1, -0.05) is 19.9 Å². The van der Waals surface area contributed by atoms with Crippen LogP contribution in [0.5, 0.6) is 0 Å². The molecule has 1 rings (SSSR count). The van der Waals surface area contributed by atoms with Crippen LogP contribution in [0.15, 0.2) is 12.2 Å². The van der Waals surface area contributed by atoms with Crippen molar-refractivity contribution in [1.29, 1.82) is 0 Å². The first-order valence-corrected chi connectivity index (χ1v) is 6.50. The Labute approximate surface area is 114 Å². The van der Waals surface area contributed by atoms with E-state index < -0.39 is 16.9 Å². The Balaban J connectivity index is 2.90. The lowest BCUT2D eigenvalue weighted by atomic mass is 9.62. The summed E-state index contributed by atoms with van der Waals surface area (Å²) in [6, 6.07) is 0. The predicted octanol–water partition coefficient (Wildman–Crippen LogP) is 2.46. The van der Waals surface area contributed by atoms with E-state index in [1.807, 2.05) is 0 Å². The summed E-state index contributed by atoms with van der Waals surface area (Å²) in [6.07, 6.45) is 3.51. The van der Waals surface area contributed by atoms with Crippen LogP contribution < -0.4 is 0 Å². The van der Waals surface area contributed by atoms with Gasteiger partial charge in [0.05, 0.1) is 5.41 Å². The molecule has 1 saturated carbocycles. The van der Waals surface area contributed by atoms with Crippen LogP contribution in [-0.2, 0) is 19.1 Å². The van der Waals surface area contributed by atoms with Crippen LogP contribution in [0.1, 0.15) is 47.5 Å². The summed E-state index contributed by atoms with van der Waals surface area (Å²) >= 11 is 0. The van der Waals surface area contributed by atoms with Crippen LogP contribution >= 0.6 is 0 Å². The highest BCUT2D eigenvalue weighted by atomic mass is 16.5. The molecule has 4 heteroatoms. The molecule has 19 heavy (non-hydrogen) atoms. The highest BCUT2D eigenvalue weighted by Crippen LogP contribution is 2.42. The molecule has 1 fully saturated rings. The smallest absolute Gasteiger partial charge is 0.303 e. The number of rotatable bonds is 3. The largest absolute Gasteiger partial charge is 0.459 e. The van der Waals surface area contributed by atoms with Gasteiger partial charge in [-0.15, -0.1) is 0 Å². The Morgan fingerprint density at radius 2 is 1.84 bits per heavy atom. The fourth-order valence-corrected chi connectivity index (χ4v) is 2.68. The van der Waals surface area contributed by atoms with Gasteiger partial charge >= 0.3 is 5.97 Å². The van der Waals surface area contributed by atoms with Crippen LogP contribution in [0.3, 0.4) is 0 Å². The van der Waals surface area contributed by atoms with Crippen LogP contribution in [0.25, 0.3) is 0 Å². The van der Waals surface area contributed by atoms with E-state index in [4.69, 9.17) is 4.74 Å². The first kappa shape index (κ1) is 15.6. The summed E-state index contributed by atoms with van der Waals surface area (Å²) in [7, 11) is 0. The molecule has 0 aromatic rings. The molecular weight excluding hydrogens is 244 g/mol. The van der Waals surface area contributed by atoms with Crippen molar-refractivity contribution >= 4 is 17.5 Å². The van der Waals surface area contributed by atoms with Gasteiger partial charge in [-0.3, -0.25) is 14.4 Å². The van der Waals surface area contributed by atoms with E-state index in [0.717, 1.165) is 0 Å². The van der Waals surface area contributed by atoms with Gasteiger partial charge in [0.25, 0.3) is 0 Å². The minimum atomic E-state index is -0.798. The number of allylic oxidation sites excluding steroid dienone is 1. The van der Waals surface area contributed by atoms with Crippen molar-refractivity contribution in [1.82, 2.24) is 0 Å². The Morgan fingerprint density at radius 1 is 1.26 bits per heavy atom. The molecule has 106 valence electrons. The van der Waals surface area contributed by atoms with Crippen molar-refractivity contribution in [2.45, 2.75) is 53.6 Å². The van der Waals surface area contributed by atoms with Crippen molar-refractivity contribution in [3.63, 3.8) is 0 Å². The Morgan fingerprint density at radius 3 is 2.37 bits per heavy atom. The number of carbonyl (C=O) groups excluding carboxylic acids is 3. The highest BCUT2D eigenvalue weighted by molar-refractivity contribution is 6.01. The molecule has 1 aliphatic carbocycles. The van der Waals surface area contributed by atoms with Gasteiger partial charge in [0.15, 0.2) is 0 Å². The van der Waals surface area contributed by atoms with Crippen molar-refractivity contribution in [3.05, 3.63) is 12.2 Å². The Hall–Kier alpha value is -1.45. The predicted molar refractivity (Wildman–Crippen MR) is 71.5 cm³/mol. The normalized spacial score (nSPS) is 28.5. The standard InChI is InChI=1S/C15H22O4/c1-10(19-11(2)16)6-7-15(5)9-12(17)8-14(3,4)13(15)18/h6-7,10H,8-9H2,1-5H3/b7-6+. The quantitative estimate of drug-likeness (QED) is 0.581. The van der Waals surface area contributed by atoms with Gasteiger partial charge in [0.1, 0.15) is 17.7 Å². The maximum atomic E-state index is 12.4. The number of hydrogen-bond donors (Lipinski definition) is 0. The number of ether oxygens (including phenoxy) is 1. The Bertz CT molecular complexity index is 433. The molecule has 0 aliphatic heterocycles. The minimum absolute atomic E-state index is 0.0610. The van der Waals surface area contributed by atoms with E-state index >= 15 is 0 Å². The van der Waals surface area contributed by atoms with Crippen molar-refractivity contribution in [3.8, 4) is 0 Å². The summed E-state index contributed by atoms with van der Waals surface area (Å²) < 4.78 is 4.98. The van der Waals surface area contributed by atoms with Gasteiger partial charge in [-0.2, -0.15) is 0 Å². The summed E-state index contributed by atoms with van der Waals surface area (Å²) in [5.41, 5.74) is -1.42. The van der Waals surface area contributed by atoms with Crippen LogP contribution in [0, 0.1) is 10.8 Å². The number of carbonyl (C=O) groups is 3. The minimum Gasteiger partial charge on any atom is -0.459 e. The molecule has 2 atom stereocenters. The Kier molecular flexibility index (Phi) is 4.33. The van der Waals surface area contributed by atoms with Crippen LogP contribution in [-0.4, -0.2) is 23.6 Å². The van der Waals surface area contributed by atoms with Crippen molar-refractivity contribution < 1.29 is 19.1 Å². The second kappa shape index (κ2) is 5.27. The second-order valence-electron chi connectivity index (χ2n) is 6.20. The molecule has 0 saturated heterocycles. The number of hydrogen-bond acceptors (Lipinski definition) is 4. The molecule has 2 unspecified atom stereocenters. The summed E-state index contributed by atoms with van der Waals surface area (Å²) in [4.78, 5) is 35.1. The first-order valence-electron chi connectivity index (χ1n) is 6.50. The molecule has 0 amide bonds. The van der Waals surface area contributed by atoms with Crippen LogP contribution in [0.4, 0.5) is 0 Å². The van der Waals surface area contributed by atoms with E-state index in [2.05, 4.69) is 0 Å². The number of Topliss-reactive ketones (excluding diaryl/α,β-unsaturated/α-hetero) is 2. The van der Waals surface area contributed by atoms with E-state index in [-0.39, 0.29) is 24.0 Å². The van der Waals surface area contributed by atoms with Crippen molar-refractivity contribution in [2.24, 2.45) is 10.8 Å². The second-order valence-corrected chi connectivity index (χ2v) is 6.20. The lowest BCUT2D eigenvalue weighted by molar-refractivity contribution is -0.145. The molecular formula is C15H22O4. The molecule has 0 N–H and O–H groups in total. The third kappa shape index (κ3) is 3.75. The lowest BCUT2D eigenvalue weighted by Gasteiger charge is -2.38. The fourth-order valence-electron chi connectivity index (χ4n) is 2.68. The van der Waals surface area contributed by atoms with Crippen molar-refractivity contribution in [2.75, 3.05) is 0 Å². The lowest BCUT2D eigenvalue weighted by Crippen LogP contribution is -2.45. The molecule has 1 aliphatic rings. The monoisotopic (exact) mass is 266 g/mol. The van der Waals surface area contributed by atoms with Gasteiger partial charge < -0.3 is 4.74 Å². The van der Waals surface area contributed by atoms with E-state index in [9.17, 15) is 14.4 Å². The molecule has 0 aromatic heterocycles. The molecule has 0 spiro atoms. The third-order valence-corrected chi connectivity index (χ3v) is 3.42. The average Bonchev–Trinajstić information content (AvgIpc) is 2.22. The topological polar surface area (TPSA) is 60.4 Å². The zero-order chi connectivity index (χ0) is 14.8. The summed E-state index contributed by atoms with van der Waals surface area (Å²) in [5.74, 6) is -0.212. The van der Waals surface area contributed by atoms with Gasteiger partial charge in [0, 0.05) is 25.2 Å². The number of esters is 1. The summed E-state index contributed by atoms with van der Waals surface area (Å²) in [6.45, 7) is 8.43. The molecule has 4 nitrogen and oxygen atoms in total. The zero-order valence-corrected chi connectivity index (χ0v) is 12.3. The van der Waals surface area contributed by atoms with Gasteiger partial charge in [0.2, 0.25) is 0 Å². The molecule has 0 radical (unpaired) electrons. The van der Waals surface area contributed by atoms with E-state index in [0.29, 0.717) is 6.42 Å². The average molecular weight is 266 g/mol. The molecule has 0 aromatic carbocycles. The molecule has 0 heterocycles. The van der Waals surface area contributed by atoms with Gasteiger partial charge in [-0.05, 0) is 19.9 Å². The maximum Gasteiger partial charge on any atom is 0.303 e. The fraction of sp³-hybridized carbons (Fsp3) is 0.667. The first-order chi connectivity index (χ1) is 8.57. The van der Waals surface area contributed by atoms with Gasteiger partial charge in [-0.25, -0.2) is 0 Å². The highest BCUT2D eigenvalue weighted by Gasteiger charge is 2.47. The van der Waals surface area contributed by atoms with Crippen LogP contribution in [0.2, 0.25) is 0 Å². The molecule has 0 bridgehead atoms. The van der Waals surface area contributed by atoms with E-state index in [1.54, 1.807) is 39.8 Å². The third-order valence-electron chi connectivity index (χ3n) is 3.42. The summed E-state index contributed by atoms with van der Waals surface area (Å²) in [5, 5.41) is 0.